The predicted molar refractivity (Wildman–Crippen MR) is 96.7 cm³/mol. The Morgan fingerprint density at radius 2 is 2.00 bits per heavy atom. The van der Waals surface area contributed by atoms with E-state index in [0.29, 0.717) is 24.5 Å². The molecule has 1 saturated heterocycles. The maximum atomic E-state index is 13.1. The van der Waals surface area contributed by atoms with Crippen molar-refractivity contribution in [3.05, 3.63) is 76.7 Å². The summed E-state index contributed by atoms with van der Waals surface area (Å²) in [4.78, 5) is 26.6. The van der Waals surface area contributed by atoms with Gasteiger partial charge in [-0.15, -0.1) is 0 Å². The molecule has 0 saturated carbocycles. The molecule has 7 heteroatoms. The summed E-state index contributed by atoms with van der Waals surface area (Å²) >= 11 is 0. The summed E-state index contributed by atoms with van der Waals surface area (Å²) in [6.45, 7) is 0.927. The van der Waals surface area contributed by atoms with Crippen molar-refractivity contribution in [2.75, 3.05) is 6.54 Å². The highest BCUT2D eigenvalue weighted by Gasteiger charge is 2.31. The number of benzene rings is 1. The van der Waals surface area contributed by atoms with Gasteiger partial charge in [0.2, 0.25) is 0 Å². The Bertz CT molecular complexity index is 996. The zero-order valence-electron chi connectivity index (χ0n) is 14.5. The monoisotopic (exact) mass is 367 g/mol. The molecule has 0 bridgehead atoms. The lowest BCUT2D eigenvalue weighted by Gasteiger charge is -2.24. The fraction of sp³-hybridized carbons (Fsp3) is 0.250. The van der Waals surface area contributed by atoms with Gasteiger partial charge in [0.05, 0.1) is 24.5 Å². The number of hydrogen-bond acceptors (Lipinski definition) is 4. The summed E-state index contributed by atoms with van der Waals surface area (Å²) in [5.74, 6) is -0.211. The first-order valence-electron chi connectivity index (χ1n) is 8.80. The highest BCUT2D eigenvalue weighted by molar-refractivity contribution is 5.91. The molecule has 0 spiro atoms. The highest BCUT2D eigenvalue weighted by Crippen LogP contribution is 2.22. The van der Waals surface area contributed by atoms with Gasteiger partial charge in [0, 0.05) is 18.2 Å². The first-order valence-corrected chi connectivity index (χ1v) is 8.80. The van der Waals surface area contributed by atoms with Crippen LogP contribution in [0, 0.1) is 5.82 Å². The van der Waals surface area contributed by atoms with Crippen LogP contribution in [0.15, 0.2) is 64.0 Å². The third kappa shape index (κ3) is 3.53. The number of likely N-dealkylation sites (tertiary alicyclic amines) is 1. The van der Waals surface area contributed by atoms with Crippen LogP contribution in [0.2, 0.25) is 0 Å². The molecule has 4 rings (SSSR count). The number of hydrogen-bond donors (Lipinski definition) is 0. The molecule has 6 nitrogen and oxygen atoms in total. The minimum Gasteiger partial charge on any atom is -0.459 e. The van der Waals surface area contributed by atoms with Crippen LogP contribution in [-0.4, -0.2) is 33.2 Å². The Kier molecular flexibility index (Phi) is 4.58. The van der Waals surface area contributed by atoms with E-state index in [2.05, 4.69) is 5.10 Å². The van der Waals surface area contributed by atoms with Crippen LogP contribution in [0.1, 0.15) is 23.4 Å². The molecule has 1 aliphatic heterocycles. The first-order chi connectivity index (χ1) is 13.1. The van der Waals surface area contributed by atoms with Crippen LogP contribution in [0.4, 0.5) is 4.39 Å². The molecule has 27 heavy (non-hydrogen) atoms. The van der Waals surface area contributed by atoms with Crippen molar-refractivity contribution in [3.63, 3.8) is 0 Å². The van der Waals surface area contributed by atoms with Crippen LogP contribution in [0.25, 0.3) is 11.3 Å². The maximum Gasteiger partial charge on any atom is 0.289 e. The van der Waals surface area contributed by atoms with E-state index >= 15 is 0 Å². The van der Waals surface area contributed by atoms with Gasteiger partial charge >= 0.3 is 0 Å². The number of carbonyl (C=O) groups excluding carboxylic acids is 1. The van der Waals surface area contributed by atoms with Crippen LogP contribution in [0.5, 0.6) is 0 Å². The summed E-state index contributed by atoms with van der Waals surface area (Å²) in [5.41, 5.74) is 1.06. The van der Waals surface area contributed by atoms with Gasteiger partial charge in [-0.1, -0.05) is 0 Å². The maximum absolute atomic E-state index is 13.1. The number of aromatic nitrogens is 2. The number of amides is 1. The lowest BCUT2D eigenvalue weighted by atomic mass is 10.1. The predicted octanol–water partition coefficient (Wildman–Crippen LogP) is 2.95. The van der Waals surface area contributed by atoms with E-state index in [1.807, 2.05) is 0 Å². The Labute approximate surface area is 154 Å². The van der Waals surface area contributed by atoms with E-state index in [0.717, 1.165) is 18.4 Å². The highest BCUT2D eigenvalue weighted by atomic mass is 19.1. The summed E-state index contributed by atoms with van der Waals surface area (Å²) < 4.78 is 19.7. The van der Waals surface area contributed by atoms with E-state index in [1.54, 1.807) is 35.2 Å². The minimum absolute atomic E-state index is 0.128. The summed E-state index contributed by atoms with van der Waals surface area (Å²) in [6.07, 6.45) is 3.13. The lowest BCUT2D eigenvalue weighted by Crippen LogP contribution is -2.40. The first kappa shape index (κ1) is 17.2. The average Bonchev–Trinajstić information content (AvgIpc) is 3.36. The second kappa shape index (κ2) is 7.19. The third-order valence-electron chi connectivity index (χ3n) is 4.76. The number of furan rings is 1. The van der Waals surface area contributed by atoms with E-state index in [-0.39, 0.29) is 23.3 Å². The molecule has 0 radical (unpaired) electrons. The number of rotatable bonds is 4. The molecule has 1 atom stereocenters. The fourth-order valence-corrected chi connectivity index (χ4v) is 3.39. The van der Waals surface area contributed by atoms with E-state index in [9.17, 15) is 14.0 Å². The number of nitrogens with zero attached hydrogens (tertiary/aromatic N) is 3. The molecule has 1 fully saturated rings. The largest absolute Gasteiger partial charge is 0.459 e. The van der Waals surface area contributed by atoms with Crippen LogP contribution in [-0.2, 0) is 6.54 Å². The molecule has 0 unspecified atom stereocenters. The van der Waals surface area contributed by atoms with Crippen molar-refractivity contribution < 1.29 is 13.6 Å². The van der Waals surface area contributed by atoms with Crippen molar-refractivity contribution in [3.8, 4) is 11.3 Å². The number of carbonyl (C=O) groups is 1. The second-order valence-electron chi connectivity index (χ2n) is 6.52. The van der Waals surface area contributed by atoms with E-state index in [4.69, 9.17) is 4.42 Å². The van der Waals surface area contributed by atoms with Gasteiger partial charge in [-0.2, -0.15) is 5.10 Å². The SMILES string of the molecule is O=C(c1ccco1)N1CCC[C@H]1Cn1nc(-c2ccc(F)cc2)ccc1=O. The molecule has 3 heterocycles. The van der Waals surface area contributed by atoms with Gasteiger partial charge in [-0.25, -0.2) is 9.07 Å². The van der Waals surface area contributed by atoms with Crippen molar-refractivity contribution >= 4 is 5.91 Å². The summed E-state index contributed by atoms with van der Waals surface area (Å²) in [5, 5.41) is 4.41. The van der Waals surface area contributed by atoms with Gasteiger partial charge in [0.1, 0.15) is 5.82 Å². The Morgan fingerprint density at radius 3 is 2.74 bits per heavy atom. The normalized spacial score (nSPS) is 16.6. The van der Waals surface area contributed by atoms with Crippen molar-refractivity contribution in [1.29, 1.82) is 0 Å². The van der Waals surface area contributed by atoms with Crippen LogP contribution in [0.3, 0.4) is 0 Å². The number of halogens is 1. The Hall–Kier alpha value is -3.22. The molecule has 2 aromatic heterocycles. The topological polar surface area (TPSA) is 68.3 Å². The molecule has 0 N–H and O–H groups in total. The standard InChI is InChI=1S/C20H18FN3O3/c21-15-7-5-14(6-8-15)17-9-10-19(25)24(22-17)13-16-3-1-11-23(16)20(26)18-4-2-12-27-18/h2,4-10,12,16H,1,3,11,13H2/t16-/m0/s1. The molecule has 0 aliphatic carbocycles. The quantitative estimate of drug-likeness (QED) is 0.711. The van der Waals surface area contributed by atoms with Gasteiger partial charge in [-0.3, -0.25) is 9.59 Å². The van der Waals surface area contributed by atoms with Crippen molar-refractivity contribution in [2.45, 2.75) is 25.4 Å². The molecule has 3 aromatic rings. The zero-order valence-corrected chi connectivity index (χ0v) is 14.5. The summed E-state index contributed by atoms with van der Waals surface area (Å²) in [7, 11) is 0. The molecular weight excluding hydrogens is 349 g/mol. The zero-order chi connectivity index (χ0) is 18.8. The Balaban J connectivity index is 1.58. The van der Waals surface area contributed by atoms with Gasteiger partial charge in [0.25, 0.3) is 11.5 Å². The molecular formula is C20H18FN3O3. The van der Waals surface area contributed by atoms with Crippen molar-refractivity contribution in [2.24, 2.45) is 0 Å². The molecule has 1 amide bonds. The Morgan fingerprint density at radius 1 is 1.19 bits per heavy atom. The smallest absolute Gasteiger partial charge is 0.289 e. The van der Waals surface area contributed by atoms with Gasteiger partial charge in [0.15, 0.2) is 5.76 Å². The molecule has 1 aliphatic rings. The second-order valence-corrected chi connectivity index (χ2v) is 6.52. The van der Waals surface area contributed by atoms with E-state index < -0.39 is 0 Å². The van der Waals surface area contributed by atoms with Crippen molar-refractivity contribution in [1.82, 2.24) is 14.7 Å². The average molecular weight is 367 g/mol. The minimum atomic E-state index is -0.329. The van der Waals surface area contributed by atoms with Crippen LogP contribution >= 0.6 is 0 Å². The lowest BCUT2D eigenvalue weighted by molar-refractivity contribution is 0.0688. The molecule has 1 aromatic carbocycles. The van der Waals surface area contributed by atoms with Gasteiger partial charge < -0.3 is 9.32 Å². The van der Waals surface area contributed by atoms with Crippen LogP contribution < -0.4 is 5.56 Å². The third-order valence-corrected chi connectivity index (χ3v) is 4.76. The fourth-order valence-electron chi connectivity index (χ4n) is 3.39. The van der Waals surface area contributed by atoms with Gasteiger partial charge in [-0.05, 0) is 55.3 Å². The van der Waals surface area contributed by atoms with E-state index in [1.165, 1.54) is 29.1 Å². The molecule has 138 valence electrons. The summed E-state index contributed by atoms with van der Waals surface area (Å²) in [6, 6.07) is 12.2.